The van der Waals surface area contributed by atoms with Gasteiger partial charge in [0.25, 0.3) is 0 Å². The number of hydrogen-bond donors (Lipinski definition) is 2. The van der Waals surface area contributed by atoms with Crippen LogP contribution in [-0.2, 0) is 4.79 Å². The first kappa shape index (κ1) is 14.1. The zero-order valence-electron chi connectivity index (χ0n) is 12.1. The molecule has 19 heavy (non-hydrogen) atoms. The molecule has 1 aliphatic rings. The Labute approximate surface area is 115 Å². The predicted octanol–water partition coefficient (Wildman–Crippen LogP) is 3.28. The lowest BCUT2D eigenvalue weighted by molar-refractivity contribution is -0.122. The van der Waals surface area contributed by atoms with Gasteiger partial charge in [0, 0.05) is 5.69 Å². The second-order valence-electron chi connectivity index (χ2n) is 5.91. The zero-order valence-corrected chi connectivity index (χ0v) is 12.1. The molecule has 1 amide bonds. The first-order chi connectivity index (χ1) is 9.03. The van der Waals surface area contributed by atoms with Crippen LogP contribution in [0.2, 0.25) is 0 Å². The number of hydrogen-bond acceptors (Lipinski definition) is 2. The van der Waals surface area contributed by atoms with Gasteiger partial charge >= 0.3 is 0 Å². The van der Waals surface area contributed by atoms with Crippen LogP contribution in [-0.4, -0.2) is 18.0 Å². The van der Waals surface area contributed by atoms with E-state index in [2.05, 4.69) is 30.5 Å². The van der Waals surface area contributed by atoms with E-state index in [-0.39, 0.29) is 5.91 Å². The van der Waals surface area contributed by atoms with Gasteiger partial charge in [0.2, 0.25) is 5.91 Å². The quantitative estimate of drug-likeness (QED) is 0.875. The fourth-order valence-electron chi connectivity index (χ4n) is 2.62. The Hall–Kier alpha value is -1.35. The summed E-state index contributed by atoms with van der Waals surface area (Å²) in [5.41, 5.74) is 1.70. The van der Waals surface area contributed by atoms with Crippen molar-refractivity contribution >= 4 is 11.6 Å². The van der Waals surface area contributed by atoms with Crippen molar-refractivity contribution in [3.63, 3.8) is 0 Å². The lowest BCUT2D eigenvalue weighted by Crippen LogP contribution is -2.54. The van der Waals surface area contributed by atoms with Crippen molar-refractivity contribution in [3.05, 3.63) is 29.8 Å². The number of carbonyl (C=O) groups excluding carboxylic acids is 1. The topological polar surface area (TPSA) is 41.1 Å². The molecule has 0 saturated carbocycles. The highest BCUT2D eigenvalue weighted by Crippen LogP contribution is 2.26. The van der Waals surface area contributed by atoms with Crippen molar-refractivity contribution in [1.29, 1.82) is 0 Å². The van der Waals surface area contributed by atoms with Crippen LogP contribution in [0.4, 0.5) is 5.69 Å². The van der Waals surface area contributed by atoms with E-state index in [1.54, 1.807) is 0 Å². The van der Waals surface area contributed by atoms with Crippen LogP contribution in [0.15, 0.2) is 24.3 Å². The molecule has 2 N–H and O–H groups in total. The molecule has 3 nitrogen and oxygen atoms in total. The van der Waals surface area contributed by atoms with Crippen molar-refractivity contribution in [2.45, 2.75) is 51.5 Å². The van der Waals surface area contributed by atoms with Crippen LogP contribution in [0.5, 0.6) is 0 Å². The summed E-state index contributed by atoms with van der Waals surface area (Å²) in [6, 6.07) is 8.06. The van der Waals surface area contributed by atoms with Crippen LogP contribution in [0.3, 0.4) is 0 Å². The summed E-state index contributed by atoms with van der Waals surface area (Å²) in [5.74, 6) is 0.490. The lowest BCUT2D eigenvalue weighted by atomic mass is 9.89. The molecule has 1 aromatic carbocycles. The van der Waals surface area contributed by atoms with E-state index in [0.29, 0.717) is 5.92 Å². The number of rotatable bonds is 3. The summed E-state index contributed by atoms with van der Waals surface area (Å²) in [6.45, 7) is 7.21. The van der Waals surface area contributed by atoms with Crippen LogP contribution < -0.4 is 10.6 Å². The molecule has 0 aromatic heterocycles. The van der Waals surface area contributed by atoms with Gasteiger partial charge in [0.15, 0.2) is 0 Å². The SMILES string of the molecule is CC(C)c1ccccc1NC(=O)C1(C)CCCCN1. The Morgan fingerprint density at radius 2 is 2.05 bits per heavy atom. The summed E-state index contributed by atoms with van der Waals surface area (Å²) in [4.78, 5) is 12.5. The van der Waals surface area contributed by atoms with Gasteiger partial charge in [-0.05, 0) is 50.3 Å². The van der Waals surface area contributed by atoms with E-state index in [1.165, 1.54) is 5.56 Å². The van der Waals surface area contributed by atoms with E-state index in [4.69, 9.17) is 0 Å². The molecule has 1 unspecified atom stereocenters. The van der Waals surface area contributed by atoms with E-state index in [9.17, 15) is 4.79 Å². The van der Waals surface area contributed by atoms with Gasteiger partial charge in [-0.25, -0.2) is 0 Å². The maximum absolute atomic E-state index is 12.5. The van der Waals surface area contributed by atoms with Crippen LogP contribution in [0.25, 0.3) is 0 Å². The Bertz CT molecular complexity index is 448. The largest absolute Gasteiger partial charge is 0.324 e. The second-order valence-corrected chi connectivity index (χ2v) is 5.91. The van der Waals surface area contributed by atoms with Gasteiger partial charge in [-0.3, -0.25) is 4.79 Å². The smallest absolute Gasteiger partial charge is 0.244 e. The summed E-state index contributed by atoms with van der Waals surface area (Å²) in [7, 11) is 0. The molecule has 3 heteroatoms. The number of anilines is 1. The standard InChI is InChI=1S/C16H24N2O/c1-12(2)13-8-4-5-9-14(13)18-15(19)16(3)10-6-7-11-17-16/h4-5,8-9,12,17H,6-7,10-11H2,1-3H3,(H,18,19). The molecule has 0 aliphatic carbocycles. The molecule has 2 rings (SSSR count). The predicted molar refractivity (Wildman–Crippen MR) is 79.4 cm³/mol. The summed E-state index contributed by atoms with van der Waals surface area (Å²) in [6.07, 6.45) is 3.18. The maximum Gasteiger partial charge on any atom is 0.244 e. The van der Waals surface area contributed by atoms with Gasteiger partial charge in [0.1, 0.15) is 0 Å². The van der Waals surface area contributed by atoms with Crippen molar-refractivity contribution in [2.24, 2.45) is 0 Å². The van der Waals surface area contributed by atoms with Crippen molar-refractivity contribution in [2.75, 3.05) is 11.9 Å². The highest BCUT2D eigenvalue weighted by molar-refractivity contribution is 5.98. The minimum Gasteiger partial charge on any atom is -0.324 e. The fraction of sp³-hybridized carbons (Fsp3) is 0.562. The van der Waals surface area contributed by atoms with Gasteiger partial charge in [-0.15, -0.1) is 0 Å². The monoisotopic (exact) mass is 260 g/mol. The third kappa shape index (κ3) is 3.16. The van der Waals surface area contributed by atoms with Gasteiger partial charge in [-0.1, -0.05) is 32.0 Å². The molecule has 1 aliphatic heterocycles. The molecular formula is C16H24N2O. The molecule has 104 valence electrons. The minimum atomic E-state index is -0.428. The number of benzene rings is 1. The maximum atomic E-state index is 12.5. The lowest BCUT2D eigenvalue weighted by Gasteiger charge is -2.33. The molecule has 1 saturated heterocycles. The summed E-state index contributed by atoms with van der Waals surface area (Å²) < 4.78 is 0. The van der Waals surface area contributed by atoms with Gasteiger partial charge in [0.05, 0.1) is 5.54 Å². The first-order valence-electron chi connectivity index (χ1n) is 7.18. The Balaban J connectivity index is 2.14. The van der Waals surface area contributed by atoms with E-state index >= 15 is 0 Å². The molecular weight excluding hydrogens is 236 g/mol. The molecule has 1 heterocycles. The Kier molecular flexibility index (Phi) is 4.25. The van der Waals surface area contributed by atoms with Crippen molar-refractivity contribution in [3.8, 4) is 0 Å². The third-order valence-corrected chi connectivity index (χ3v) is 3.95. The highest BCUT2D eigenvalue weighted by Gasteiger charge is 2.34. The normalized spacial score (nSPS) is 23.4. The highest BCUT2D eigenvalue weighted by atomic mass is 16.2. The van der Waals surface area contributed by atoms with E-state index < -0.39 is 5.54 Å². The molecule has 1 aromatic rings. The zero-order chi connectivity index (χ0) is 13.9. The van der Waals surface area contributed by atoms with Crippen LogP contribution in [0.1, 0.15) is 51.5 Å². The number of carbonyl (C=O) groups is 1. The summed E-state index contributed by atoms with van der Waals surface area (Å²) in [5, 5.41) is 6.45. The molecule has 0 radical (unpaired) electrons. The van der Waals surface area contributed by atoms with Crippen molar-refractivity contribution < 1.29 is 4.79 Å². The first-order valence-corrected chi connectivity index (χ1v) is 7.18. The average molecular weight is 260 g/mol. The Morgan fingerprint density at radius 1 is 1.32 bits per heavy atom. The average Bonchev–Trinajstić information content (AvgIpc) is 2.40. The third-order valence-electron chi connectivity index (χ3n) is 3.95. The van der Waals surface area contributed by atoms with E-state index in [0.717, 1.165) is 31.5 Å². The molecule has 1 fully saturated rings. The van der Waals surface area contributed by atoms with Crippen molar-refractivity contribution in [1.82, 2.24) is 5.32 Å². The second kappa shape index (κ2) is 5.74. The molecule has 0 bridgehead atoms. The van der Waals surface area contributed by atoms with Crippen LogP contribution in [0, 0.1) is 0 Å². The minimum absolute atomic E-state index is 0.0836. The van der Waals surface area contributed by atoms with Gasteiger partial charge < -0.3 is 10.6 Å². The number of piperidine rings is 1. The Morgan fingerprint density at radius 3 is 2.68 bits per heavy atom. The van der Waals surface area contributed by atoms with Crippen LogP contribution >= 0.6 is 0 Å². The van der Waals surface area contributed by atoms with Gasteiger partial charge in [-0.2, -0.15) is 0 Å². The molecule has 0 spiro atoms. The molecule has 1 atom stereocenters. The number of nitrogens with one attached hydrogen (secondary N) is 2. The number of amides is 1. The van der Waals surface area contributed by atoms with E-state index in [1.807, 2.05) is 25.1 Å². The number of para-hydroxylation sites is 1. The fourth-order valence-corrected chi connectivity index (χ4v) is 2.62. The summed E-state index contributed by atoms with van der Waals surface area (Å²) >= 11 is 0.